The molecule has 1 rings (SSSR count). The predicted octanol–water partition coefficient (Wildman–Crippen LogP) is 3.81. The SMILES string of the molecule is CCc1ccc(OCCNC(=O)OC(C)(C)C)c(Cl)c1. The van der Waals surface area contributed by atoms with Gasteiger partial charge in [-0.05, 0) is 44.9 Å². The van der Waals surface area contributed by atoms with Crippen LogP contribution in [0.1, 0.15) is 33.3 Å². The normalized spacial score (nSPS) is 11.1. The van der Waals surface area contributed by atoms with Gasteiger partial charge in [0.05, 0.1) is 11.6 Å². The molecule has 0 aliphatic heterocycles. The van der Waals surface area contributed by atoms with Gasteiger partial charge in [-0.15, -0.1) is 0 Å². The molecule has 5 heteroatoms. The van der Waals surface area contributed by atoms with Crippen LogP contribution in [0.4, 0.5) is 4.79 Å². The van der Waals surface area contributed by atoms with Crippen LogP contribution in [-0.4, -0.2) is 24.8 Å². The van der Waals surface area contributed by atoms with Crippen molar-refractivity contribution in [2.45, 2.75) is 39.7 Å². The summed E-state index contributed by atoms with van der Waals surface area (Å²) < 4.78 is 10.6. The van der Waals surface area contributed by atoms with Crippen LogP contribution in [0.15, 0.2) is 18.2 Å². The van der Waals surface area contributed by atoms with Crippen LogP contribution in [0.2, 0.25) is 5.02 Å². The number of carbonyl (C=O) groups is 1. The summed E-state index contributed by atoms with van der Waals surface area (Å²) in [5, 5.41) is 3.21. The van der Waals surface area contributed by atoms with Crippen LogP contribution in [0.3, 0.4) is 0 Å². The number of aryl methyl sites for hydroxylation is 1. The van der Waals surface area contributed by atoms with Gasteiger partial charge in [0.25, 0.3) is 0 Å². The molecule has 0 heterocycles. The Hall–Kier alpha value is -1.42. The highest BCUT2D eigenvalue weighted by molar-refractivity contribution is 6.32. The Morgan fingerprint density at radius 2 is 2.05 bits per heavy atom. The standard InChI is InChI=1S/C15H22ClNO3/c1-5-11-6-7-13(12(16)10-11)19-9-8-17-14(18)20-15(2,3)4/h6-7,10H,5,8-9H2,1-4H3,(H,17,18). The van der Waals surface area contributed by atoms with Gasteiger partial charge in [-0.25, -0.2) is 4.79 Å². The largest absolute Gasteiger partial charge is 0.490 e. The third-order valence-corrected chi connectivity index (χ3v) is 2.73. The first-order chi connectivity index (χ1) is 9.31. The molecule has 4 nitrogen and oxygen atoms in total. The lowest BCUT2D eigenvalue weighted by molar-refractivity contribution is 0.0520. The zero-order valence-electron chi connectivity index (χ0n) is 12.5. The molecule has 0 fully saturated rings. The molecule has 0 unspecified atom stereocenters. The van der Waals surface area contributed by atoms with E-state index in [4.69, 9.17) is 21.1 Å². The molecule has 0 aliphatic rings. The second-order valence-electron chi connectivity index (χ2n) is 5.40. The Morgan fingerprint density at radius 3 is 2.60 bits per heavy atom. The molecule has 0 saturated heterocycles. The minimum absolute atomic E-state index is 0.338. The smallest absolute Gasteiger partial charge is 0.407 e. The first-order valence-electron chi connectivity index (χ1n) is 6.70. The highest BCUT2D eigenvalue weighted by Crippen LogP contribution is 2.25. The second kappa shape index (κ2) is 7.39. The van der Waals surface area contributed by atoms with E-state index in [0.717, 1.165) is 12.0 Å². The number of nitrogens with one attached hydrogen (secondary N) is 1. The fraction of sp³-hybridized carbons (Fsp3) is 0.533. The molecule has 0 bridgehead atoms. The average Bonchev–Trinajstić information content (AvgIpc) is 2.33. The average molecular weight is 300 g/mol. The summed E-state index contributed by atoms with van der Waals surface area (Å²) >= 11 is 6.10. The highest BCUT2D eigenvalue weighted by atomic mass is 35.5. The quantitative estimate of drug-likeness (QED) is 0.841. The van der Waals surface area contributed by atoms with Gasteiger partial charge >= 0.3 is 6.09 Å². The van der Waals surface area contributed by atoms with Crippen molar-refractivity contribution in [2.24, 2.45) is 0 Å². The summed E-state index contributed by atoms with van der Waals surface area (Å²) in [5.41, 5.74) is 0.666. The molecule has 1 aromatic carbocycles. The van der Waals surface area contributed by atoms with E-state index >= 15 is 0 Å². The molecule has 1 amide bonds. The number of ether oxygens (including phenoxy) is 2. The molecule has 1 N–H and O–H groups in total. The molecule has 112 valence electrons. The Morgan fingerprint density at radius 1 is 1.35 bits per heavy atom. The van der Waals surface area contributed by atoms with E-state index < -0.39 is 11.7 Å². The first kappa shape index (κ1) is 16.6. The van der Waals surface area contributed by atoms with Crippen LogP contribution < -0.4 is 10.1 Å². The topological polar surface area (TPSA) is 47.6 Å². The molecule has 20 heavy (non-hydrogen) atoms. The van der Waals surface area contributed by atoms with Gasteiger partial charge in [0.1, 0.15) is 18.0 Å². The van der Waals surface area contributed by atoms with Crippen molar-refractivity contribution in [3.63, 3.8) is 0 Å². The second-order valence-corrected chi connectivity index (χ2v) is 5.80. The molecule has 0 aliphatic carbocycles. The molecule has 0 spiro atoms. The van der Waals surface area contributed by atoms with Crippen LogP contribution in [0.25, 0.3) is 0 Å². The van der Waals surface area contributed by atoms with E-state index in [-0.39, 0.29) is 0 Å². The highest BCUT2D eigenvalue weighted by Gasteiger charge is 2.15. The summed E-state index contributed by atoms with van der Waals surface area (Å²) in [6, 6.07) is 5.70. The Bertz CT molecular complexity index is 455. The molecular formula is C15H22ClNO3. The third-order valence-electron chi connectivity index (χ3n) is 2.43. The van der Waals surface area contributed by atoms with E-state index in [2.05, 4.69) is 12.2 Å². The lowest BCUT2D eigenvalue weighted by atomic mass is 10.2. The summed E-state index contributed by atoms with van der Waals surface area (Å²) in [5.74, 6) is 0.620. The lowest BCUT2D eigenvalue weighted by Crippen LogP contribution is -2.34. The molecule has 0 aromatic heterocycles. The van der Waals surface area contributed by atoms with Crippen LogP contribution in [-0.2, 0) is 11.2 Å². The summed E-state index contributed by atoms with van der Waals surface area (Å²) in [4.78, 5) is 11.4. The van der Waals surface area contributed by atoms with Gasteiger partial charge in [-0.1, -0.05) is 24.6 Å². The van der Waals surface area contributed by atoms with Crippen molar-refractivity contribution in [3.05, 3.63) is 28.8 Å². The van der Waals surface area contributed by atoms with E-state index in [1.165, 1.54) is 0 Å². The van der Waals surface area contributed by atoms with Crippen molar-refractivity contribution < 1.29 is 14.3 Å². The van der Waals surface area contributed by atoms with Gasteiger partial charge < -0.3 is 14.8 Å². The molecule has 0 atom stereocenters. The number of halogens is 1. The third kappa shape index (κ3) is 6.15. The maximum atomic E-state index is 11.4. The number of amides is 1. The Kier molecular flexibility index (Phi) is 6.14. The van der Waals surface area contributed by atoms with Crippen LogP contribution in [0, 0.1) is 0 Å². The number of rotatable bonds is 5. The van der Waals surface area contributed by atoms with E-state index in [0.29, 0.717) is 23.9 Å². The minimum Gasteiger partial charge on any atom is -0.490 e. The van der Waals surface area contributed by atoms with E-state index in [1.807, 2.05) is 39.0 Å². The summed E-state index contributed by atoms with van der Waals surface area (Å²) in [6.45, 7) is 8.22. The van der Waals surface area contributed by atoms with Gasteiger partial charge in [0.15, 0.2) is 0 Å². The molecule has 1 aromatic rings. The zero-order chi connectivity index (χ0) is 15.2. The van der Waals surface area contributed by atoms with Crippen LogP contribution >= 0.6 is 11.6 Å². The van der Waals surface area contributed by atoms with Crippen molar-refractivity contribution >= 4 is 17.7 Å². The Balaban J connectivity index is 2.33. The van der Waals surface area contributed by atoms with Crippen LogP contribution in [0.5, 0.6) is 5.75 Å². The number of hydrogen-bond acceptors (Lipinski definition) is 3. The zero-order valence-corrected chi connectivity index (χ0v) is 13.2. The number of hydrogen-bond donors (Lipinski definition) is 1. The molecular weight excluding hydrogens is 278 g/mol. The number of alkyl carbamates (subject to hydrolysis) is 1. The predicted molar refractivity (Wildman–Crippen MR) is 80.6 cm³/mol. The molecule has 0 radical (unpaired) electrons. The van der Waals surface area contributed by atoms with Gasteiger partial charge in [-0.2, -0.15) is 0 Å². The van der Waals surface area contributed by atoms with Crippen molar-refractivity contribution in [1.82, 2.24) is 5.32 Å². The van der Waals surface area contributed by atoms with E-state index in [1.54, 1.807) is 0 Å². The van der Waals surface area contributed by atoms with Crippen molar-refractivity contribution in [3.8, 4) is 5.75 Å². The summed E-state index contributed by atoms with van der Waals surface area (Å²) in [6.07, 6.45) is 0.480. The monoisotopic (exact) mass is 299 g/mol. The first-order valence-corrected chi connectivity index (χ1v) is 7.07. The van der Waals surface area contributed by atoms with Gasteiger partial charge in [-0.3, -0.25) is 0 Å². The fourth-order valence-corrected chi connectivity index (χ4v) is 1.77. The minimum atomic E-state index is -0.496. The van der Waals surface area contributed by atoms with E-state index in [9.17, 15) is 4.79 Å². The maximum Gasteiger partial charge on any atom is 0.407 e. The number of carbonyl (C=O) groups excluding carboxylic acids is 1. The Labute approximate surface area is 125 Å². The van der Waals surface area contributed by atoms with Crippen molar-refractivity contribution in [2.75, 3.05) is 13.2 Å². The molecule has 0 saturated carbocycles. The van der Waals surface area contributed by atoms with Gasteiger partial charge in [0.2, 0.25) is 0 Å². The summed E-state index contributed by atoms with van der Waals surface area (Å²) in [7, 11) is 0. The maximum absolute atomic E-state index is 11.4. The lowest BCUT2D eigenvalue weighted by Gasteiger charge is -2.19. The van der Waals surface area contributed by atoms with Crippen molar-refractivity contribution in [1.29, 1.82) is 0 Å². The fourth-order valence-electron chi connectivity index (χ4n) is 1.51. The van der Waals surface area contributed by atoms with Gasteiger partial charge in [0, 0.05) is 0 Å². The number of benzene rings is 1.